The van der Waals surface area contributed by atoms with Gasteiger partial charge in [-0.25, -0.2) is 22.6 Å². The van der Waals surface area contributed by atoms with Gasteiger partial charge in [0.25, 0.3) is 0 Å². The third kappa shape index (κ3) is 10.2. The predicted octanol–water partition coefficient (Wildman–Crippen LogP) is 1.83. The number of nitrogens with two attached hydrogens (primary N) is 1. The molecule has 0 aromatic carbocycles. The maximum atomic E-state index is 12.8. The molecule has 10 nitrogen and oxygen atoms in total. The Morgan fingerprint density at radius 2 is 1.91 bits per heavy atom. The van der Waals surface area contributed by atoms with Crippen molar-refractivity contribution in [2.75, 3.05) is 32.8 Å². The standard InChI is InChI=1S/C18H27FN4O4S.C2HF3O2/c1-2-21-17(24)9-14-5-7-23(8-6-14)28(25,26)16-3-4-18(22-12-16)27-13-15(10-19)11-20;3-2(4,5)1(6)7/h3-4,10,12,14H,2,5-9,11,13,20H2,1H3,(H,21,24);(H,6,7)/b15-10+;. The van der Waals surface area contributed by atoms with E-state index in [0.29, 0.717) is 45.2 Å². The number of sulfonamides is 1. The minimum absolute atomic E-state index is 0.00370. The molecule has 2 rings (SSSR count). The number of rotatable bonds is 9. The molecule has 0 unspecified atom stereocenters. The minimum Gasteiger partial charge on any atom is -0.475 e. The van der Waals surface area contributed by atoms with Crippen LogP contribution in [0.2, 0.25) is 0 Å². The zero-order valence-electron chi connectivity index (χ0n) is 18.9. The number of carboxylic acids is 1. The Morgan fingerprint density at radius 3 is 2.34 bits per heavy atom. The molecule has 4 N–H and O–H groups in total. The second-order valence-electron chi connectivity index (χ2n) is 7.40. The fourth-order valence-electron chi connectivity index (χ4n) is 2.94. The maximum Gasteiger partial charge on any atom is 0.490 e. The monoisotopic (exact) mass is 528 g/mol. The highest BCUT2D eigenvalue weighted by Gasteiger charge is 2.38. The van der Waals surface area contributed by atoms with Gasteiger partial charge in [-0.2, -0.15) is 17.5 Å². The summed E-state index contributed by atoms with van der Waals surface area (Å²) in [5, 5.41) is 9.89. The van der Waals surface area contributed by atoms with Gasteiger partial charge in [0.15, 0.2) is 0 Å². The van der Waals surface area contributed by atoms with Crippen molar-refractivity contribution in [3.05, 3.63) is 30.2 Å². The van der Waals surface area contributed by atoms with Gasteiger partial charge in [-0.1, -0.05) is 0 Å². The number of amides is 1. The molecule has 0 aliphatic carbocycles. The molecule has 15 heteroatoms. The first-order chi connectivity index (χ1) is 16.3. The van der Waals surface area contributed by atoms with Gasteiger partial charge < -0.3 is 20.9 Å². The summed E-state index contributed by atoms with van der Waals surface area (Å²) in [6.45, 7) is 3.17. The van der Waals surface area contributed by atoms with Crippen molar-refractivity contribution in [3.8, 4) is 5.88 Å². The van der Waals surface area contributed by atoms with Crippen LogP contribution in [0.1, 0.15) is 26.2 Å². The number of carbonyl (C=O) groups is 2. The summed E-state index contributed by atoms with van der Waals surface area (Å²) in [6.07, 6.45) is -1.76. The van der Waals surface area contributed by atoms with E-state index in [-0.39, 0.29) is 41.3 Å². The quantitative estimate of drug-likeness (QED) is 0.411. The molecule has 1 aliphatic rings. The third-order valence-electron chi connectivity index (χ3n) is 4.83. The number of piperidine rings is 1. The largest absolute Gasteiger partial charge is 0.490 e. The number of carbonyl (C=O) groups excluding carboxylic acids is 1. The Kier molecular flexibility index (Phi) is 12.1. The summed E-state index contributed by atoms with van der Waals surface area (Å²) in [6, 6.07) is 2.85. The van der Waals surface area contributed by atoms with E-state index in [1.54, 1.807) is 0 Å². The molecule has 1 amide bonds. The van der Waals surface area contributed by atoms with Gasteiger partial charge in [-0.3, -0.25) is 4.79 Å². The maximum absolute atomic E-state index is 12.8. The lowest BCUT2D eigenvalue weighted by Gasteiger charge is -2.30. The average Bonchev–Trinajstić information content (AvgIpc) is 2.80. The zero-order valence-corrected chi connectivity index (χ0v) is 19.7. The molecular formula is C20H28F4N4O6S. The molecule has 0 bridgehead atoms. The van der Waals surface area contributed by atoms with E-state index < -0.39 is 22.2 Å². The van der Waals surface area contributed by atoms with Gasteiger partial charge in [-0.05, 0) is 31.7 Å². The van der Waals surface area contributed by atoms with E-state index in [4.69, 9.17) is 20.4 Å². The topological polar surface area (TPSA) is 152 Å². The summed E-state index contributed by atoms with van der Waals surface area (Å²) >= 11 is 0. The van der Waals surface area contributed by atoms with Gasteiger partial charge >= 0.3 is 12.1 Å². The molecule has 1 aromatic rings. The molecule has 35 heavy (non-hydrogen) atoms. The van der Waals surface area contributed by atoms with Crippen molar-refractivity contribution in [1.29, 1.82) is 0 Å². The van der Waals surface area contributed by atoms with Crippen LogP contribution in [0.4, 0.5) is 17.6 Å². The van der Waals surface area contributed by atoms with Crippen LogP contribution in [0.15, 0.2) is 35.1 Å². The Bertz CT molecular complexity index is 963. The van der Waals surface area contributed by atoms with Crippen molar-refractivity contribution < 1.29 is 45.4 Å². The molecule has 0 saturated carbocycles. The second-order valence-corrected chi connectivity index (χ2v) is 9.34. The van der Waals surface area contributed by atoms with Gasteiger partial charge in [0.05, 0.1) is 12.5 Å². The van der Waals surface area contributed by atoms with Crippen LogP contribution in [-0.2, 0) is 19.6 Å². The number of halogens is 4. The number of hydrogen-bond acceptors (Lipinski definition) is 7. The molecular weight excluding hydrogens is 500 g/mol. The smallest absolute Gasteiger partial charge is 0.475 e. The Balaban J connectivity index is 0.000000762. The van der Waals surface area contributed by atoms with Gasteiger partial charge in [-0.15, -0.1) is 0 Å². The molecule has 1 saturated heterocycles. The van der Waals surface area contributed by atoms with Crippen LogP contribution in [0.3, 0.4) is 0 Å². The Morgan fingerprint density at radius 1 is 1.31 bits per heavy atom. The fraction of sp³-hybridized carbons (Fsp3) is 0.550. The van der Waals surface area contributed by atoms with E-state index in [1.165, 1.54) is 22.6 Å². The summed E-state index contributed by atoms with van der Waals surface area (Å²) in [4.78, 5) is 24.6. The number of nitrogens with one attached hydrogen (secondary N) is 1. The SMILES string of the molecule is CCNC(=O)CC1CCN(S(=O)(=O)c2ccc(OC/C(=C/F)CN)nc2)CC1.O=C(O)C(F)(F)F. The van der Waals surface area contributed by atoms with Crippen molar-refractivity contribution >= 4 is 21.9 Å². The number of nitrogens with zero attached hydrogens (tertiary/aromatic N) is 2. The van der Waals surface area contributed by atoms with Crippen molar-refractivity contribution in [2.45, 2.75) is 37.3 Å². The lowest BCUT2D eigenvalue weighted by Crippen LogP contribution is -2.39. The van der Waals surface area contributed by atoms with Crippen LogP contribution < -0.4 is 15.8 Å². The molecule has 1 aromatic heterocycles. The molecule has 0 radical (unpaired) electrons. The molecule has 1 aliphatic heterocycles. The van der Waals surface area contributed by atoms with Gasteiger partial charge in [0, 0.05) is 44.2 Å². The molecule has 2 heterocycles. The second kappa shape index (κ2) is 13.9. The summed E-state index contributed by atoms with van der Waals surface area (Å²) in [5.74, 6) is -2.38. The molecule has 0 spiro atoms. The van der Waals surface area contributed by atoms with Gasteiger partial charge in [0.1, 0.15) is 11.5 Å². The summed E-state index contributed by atoms with van der Waals surface area (Å²) in [5.41, 5.74) is 5.62. The van der Waals surface area contributed by atoms with Crippen LogP contribution >= 0.6 is 0 Å². The normalized spacial score (nSPS) is 15.7. The molecule has 0 atom stereocenters. The first-order valence-electron chi connectivity index (χ1n) is 10.5. The summed E-state index contributed by atoms with van der Waals surface area (Å²) in [7, 11) is -3.66. The lowest BCUT2D eigenvalue weighted by molar-refractivity contribution is -0.192. The van der Waals surface area contributed by atoms with E-state index in [9.17, 15) is 30.8 Å². The number of ether oxygens (including phenoxy) is 1. The van der Waals surface area contributed by atoms with Crippen LogP contribution in [0.5, 0.6) is 5.88 Å². The third-order valence-corrected chi connectivity index (χ3v) is 6.72. The highest BCUT2D eigenvalue weighted by Crippen LogP contribution is 2.26. The van der Waals surface area contributed by atoms with E-state index in [2.05, 4.69) is 10.3 Å². The zero-order chi connectivity index (χ0) is 26.6. The first kappa shape index (κ1) is 30.3. The number of carboxylic acid groups (broad SMARTS) is 1. The Labute approximate surface area is 200 Å². The van der Waals surface area contributed by atoms with Gasteiger partial charge in [0.2, 0.25) is 21.8 Å². The van der Waals surface area contributed by atoms with Crippen molar-refractivity contribution in [3.63, 3.8) is 0 Å². The number of alkyl halides is 3. The van der Waals surface area contributed by atoms with E-state index >= 15 is 0 Å². The van der Waals surface area contributed by atoms with Crippen molar-refractivity contribution in [2.24, 2.45) is 11.7 Å². The van der Waals surface area contributed by atoms with Crippen LogP contribution in [-0.4, -0.2) is 73.7 Å². The lowest BCUT2D eigenvalue weighted by atomic mass is 9.94. The highest BCUT2D eigenvalue weighted by molar-refractivity contribution is 7.89. The van der Waals surface area contributed by atoms with Crippen LogP contribution in [0, 0.1) is 5.92 Å². The predicted molar refractivity (Wildman–Crippen MR) is 116 cm³/mol. The number of pyridine rings is 1. The van der Waals surface area contributed by atoms with E-state index in [1.807, 2.05) is 6.92 Å². The molecule has 198 valence electrons. The number of aromatic nitrogens is 1. The first-order valence-corrected chi connectivity index (χ1v) is 11.9. The number of hydrogen-bond donors (Lipinski definition) is 3. The number of aliphatic carboxylic acids is 1. The average molecular weight is 529 g/mol. The van der Waals surface area contributed by atoms with Crippen LogP contribution in [0.25, 0.3) is 0 Å². The Hall–Kier alpha value is -2.78. The van der Waals surface area contributed by atoms with E-state index in [0.717, 1.165) is 0 Å². The highest BCUT2D eigenvalue weighted by atomic mass is 32.2. The fourth-order valence-corrected chi connectivity index (χ4v) is 4.36. The molecule has 1 fully saturated rings. The summed E-state index contributed by atoms with van der Waals surface area (Å²) < 4.78 is 76.5. The minimum atomic E-state index is -5.08. The van der Waals surface area contributed by atoms with Crippen molar-refractivity contribution in [1.82, 2.24) is 14.6 Å².